The van der Waals surface area contributed by atoms with E-state index in [1.165, 1.54) is 0 Å². The van der Waals surface area contributed by atoms with Crippen LogP contribution in [0.15, 0.2) is 23.4 Å². The molecule has 1 unspecified atom stereocenters. The minimum atomic E-state index is -0.0354. The van der Waals surface area contributed by atoms with Crippen molar-refractivity contribution in [3.63, 3.8) is 0 Å². The molecule has 0 aliphatic heterocycles. The summed E-state index contributed by atoms with van der Waals surface area (Å²) in [6.45, 7) is 2.32. The molecule has 0 aliphatic carbocycles. The Morgan fingerprint density at radius 3 is 2.82 bits per heavy atom. The van der Waals surface area contributed by atoms with Gasteiger partial charge >= 0.3 is 0 Å². The molecule has 1 rings (SSSR count). The van der Waals surface area contributed by atoms with Crippen LogP contribution in [-0.2, 0) is 4.74 Å². The Balaban J connectivity index is 2.75. The van der Waals surface area contributed by atoms with Gasteiger partial charge in [-0.3, -0.25) is 0 Å². The first-order valence-electron chi connectivity index (χ1n) is 5.01. The number of hydrogen-bond acceptors (Lipinski definition) is 4. The standard InChI is InChI=1S/C11H15ClN2O3/c1-7(16-2)6-17-8-3-4-9(10(12)5-8)11(13)14-15/h3-5,7,15H,6H2,1-2H3,(H2,13,14). The van der Waals surface area contributed by atoms with Crippen molar-refractivity contribution in [1.29, 1.82) is 0 Å². The van der Waals surface area contributed by atoms with Gasteiger partial charge in [0.05, 0.1) is 11.1 Å². The molecular formula is C11H15ClN2O3. The van der Waals surface area contributed by atoms with Crippen molar-refractivity contribution >= 4 is 17.4 Å². The molecule has 5 nitrogen and oxygen atoms in total. The molecule has 94 valence electrons. The topological polar surface area (TPSA) is 77.1 Å². The van der Waals surface area contributed by atoms with Gasteiger partial charge in [-0.05, 0) is 25.1 Å². The summed E-state index contributed by atoms with van der Waals surface area (Å²) in [6.07, 6.45) is -0.00229. The Kier molecular flexibility index (Phi) is 5.06. The summed E-state index contributed by atoms with van der Waals surface area (Å²) in [7, 11) is 1.61. The lowest BCUT2D eigenvalue weighted by molar-refractivity contribution is 0.0717. The van der Waals surface area contributed by atoms with Gasteiger partial charge in [0.1, 0.15) is 12.4 Å². The van der Waals surface area contributed by atoms with Crippen LogP contribution < -0.4 is 10.5 Å². The van der Waals surface area contributed by atoms with Crippen molar-refractivity contribution in [2.24, 2.45) is 10.9 Å². The third kappa shape index (κ3) is 3.80. The molecular weight excluding hydrogens is 244 g/mol. The van der Waals surface area contributed by atoms with Crippen molar-refractivity contribution in [3.8, 4) is 5.75 Å². The van der Waals surface area contributed by atoms with Crippen LogP contribution in [0.5, 0.6) is 5.75 Å². The molecule has 17 heavy (non-hydrogen) atoms. The third-order valence-corrected chi connectivity index (χ3v) is 2.52. The van der Waals surface area contributed by atoms with Crippen LogP contribution in [-0.4, -0.2) is 30.9 Å². The second kappa shape index (κ2) is 6.32. The van der Waals surface area contributed by atoms with Gasteiger partial charge in [0.15, 0.2) is 5.84 Å². The summed E-state index contributed by atoms with van der Waals surface area (Å²) in [4.78, 5) is 0. The van der Waals surface area contributed by atoms with Crippen LogP contribution in [0.1, 0.15) is 12.5 Å². The van der Waals surface area contributed by atoms with Crippen LogP contribution >= 0.6 is 11.6 Å². The highest BCUT2D eigenvalue weighted by Crippen LogP contribution is 2.22. The Hall–Kier alpha value is -1.46. The monoisotopic (exact) mass is 258 g/mol. The Labute approximate surface area is 105 Å². The van der Waals surface area contributed by atoms with E-state index in [1.54, 1.807) is 25.3 Å². The molecule has 0 saturated carbocycles. The van der Waals surface area contributed by atoms with Crippen LogP contribution in [0.2, 0.25) is 5.02 Å². The molecule has 6 heteroatoms. The molecule has 1 aromatic rings. The first-order valence-corrected chi connectivity index (χ1v) is 5.39. The fraction of sp³-hybridized carbons (Fsp3) is 0.364. The van der Waals surface area contributed by atoms with E-state index in [0.29, 0.717) is 22.9 Å². The largest absolute Gasteiger partial charge is 0.491 e. The number of halogens is 1. The molecule has 1 atom stereocenters. The summed E-state index contributed by atoms with van der Waals surface area (Å²) < 4.78 is 10.5. The lowest BCUT2D eigenvalue weighted by Crippen LogP contribution is -2.16. The highest BCUT2D eigenvalue weighted by molar-refractivity contribution is 6.34. The van der Waals surface area contributed by atoms with Gasteiger partial charge in [-0.25, -0.2) is 0 Å². The Morgan fingerprint density at radius 2 is 2.29 bits per heavy atom. The average molecular weight is 259 g/mol. The molecule has 0 spiro atoms. The summed E-state index contributed by atoms with van der Waals surface area (Å²) in [5.74, 6) is 0.570. The number of hydrogen-bond donors (Lipinski definition) is 2. The lowest BCUT2D eigenvalue weighted by Gasteiger charge is -2.12. The number of nitrogens with zero attached hydrogens (tertiary/aromatic N) is 1. The minimum Gasteiger partial charge on any atom is -0.491 e. The zero-order valence-electron chi connectivity index (χ0n) is 9.68. The number of ether oxygens (including phenoxy) is 2. The van der Waals surface area contributed by atoms with Crippen LogP contribution in [0.3, 0.4) is 0 Å². The highest BCUT2D eigenvalue weighted by Gasteiger charge is 2.07. The van der Waals surface area contributed by atoms with Gasteiger partial charge in [0.25, 0.3) is 0 Å². The van der Waals surface area contributed by atoms with Crippen molar-refractivity contribution < 1.29 is 14.7 Å². The van der Waals surface area contributed by atoms with Gasteiger partial charge < -0.3 is 20.4 Å². The lowest BCUT2D eigenvalue weighted by atomic mass is 10.2. The van der Waals surface area contributed by atoms with E-state index >= 15 is 0 Å². The van der Waals surface area contributed by atoms with Gasteiger partial charge in [0.2, 0.25) is 0 Å². The van der Waals surface area contributed by atoms with Crippen LogP contribution in [0.4, 0.5) is 0 Å². The number of rotatable bonds is 5. The van der Waals surface area contributed by atoms with E-state index in [-0.39, 0.29) is 11.9 Å². The molecule has 0 saturated heterocycles. The third-order valence-electron chi connectivity index (χ3n) is 2.21. The van der Waals surface area contributed by atoms with Gasteiger partial charge in [-0.1, -0.05) is 16.8 Å². The molecule has 0 heterocycles. The quantitative estimate of drug-likeness (QED) is 0.366. The minimum absolute atomic E-state index is 0.00229. The zero-order valence-corrected chi connectivity index (χ0v) is 10.4. The van der Waals surface area contributed by atoms with E-state index in [4.69, 9.17) is 32.0 Å². The van der Waals surface area contributed by atoms with E-state index < -0.39 is 0 Å². The maximum atomic E-state index is 8.55. The van der Waals surface area contributed by atoms with Crippen LogP contribution in [0, 0.1) is 0 Å². The Morgan fingerprint density at radius 1 is 1.59 bits per heavy atom. The van der Waals surface area contributed by atoms with E-state index in [2.05, 4.69) is 5.16 Å². The molecule has 1 aromatic carbocycles. The second-order valence-electron chi connectivity index (χ2n) is 3.48. The zero-order chi connectivity index (χ0) is 12.8. The molecule has 0 radical (unpaired) electrons. The molecule has 3 N–H and O–H groups in total. The molecule has 0 fully saturated rings. The van der Waals surface area contributed by atoms with E-state index in [0.717, 1.165) is 0 Å². The van der Waals surface area contributed by atoms with Crippen molar-refractivity contribution in [3.05, 3.63) is 28.8 Å². The Bertz CT molecular complexity index is 410. The number of benzene rings is 1. The first-order chi connectivity index (χ1) is 8.08. The number of oxime groups is 1. The second-order valence-corrected chi connectivity index (χ2v) is 3.89. The fourth-order valence-electron chi connectivity index (χ4n) is 1.13. The molecule has 0 amide bonds. The summed E-state index contributed by atoms with van der Waals surface area (Å²) in [5, 5.41) is 11.8. The predicted octanol–water partition coefficient (Wildman–Crippen LogP) is 1.85. The van der Waals surface area contributed by atoms with E-state index in [1.807, 2.05) is 6.92 Å². The van der Waals surface area contributed by atoms with Crippen molar-refractivity contribution in [2.75, 3.05) is 13.7 Å². The predicted molar refractivity (Wildman–Crippen MR) is 65.9 cm³/mol. The van der Waals surface area contributed by atoms with E-state index in [9.17, 15) is 0 Å². The van der Waals surface area contributed by atoms with Gasteiger partial charge in [-0.2, -0.15) is 0 Å². The SMILES string of the molecule is COC(C)COc1ccc(/C(N)=N/O)c(Cl)c1. The first kappa shape index (κ1) is 13.6. The van der Waals surface area contributed by atoms with Crippen LogP contribution in [0.25, 0.3) is 0 Å². The molecule has 0 aliphatic rings. The summed E-state index contributed by atoms with van der Waals surface area (Å²) in [5.41, 5.74) is 5.90. The van der Waals surface area contributed by atoms with Crippen molar-refractivity contribution in [1.82, 2.24) is 0 Å². The molecule has 0 bridgehead atoms. The summed E-state index contributed by atoms with van der Waals surface area (Å²) >= 11 is 5.97. The highest BCUT2D eigenvalue weighted by atomic mass is 35.5. The number of nitrogens with two attached hydrogens (primary N) is 1. The number of methoxy groups -OCH3 is 1. The summed E-state index contributed by atoms with van der Waals surface area (Å²) in [6, 6.07) is 4.93. The fourth-order valence-corrected chi connectivity index (χ4v) is 1.40. The smallest absolute Gasteiger partial charge is 0.171 e. The normalized spacial score (nSPS) is 13.5. The molecule has 0 aromatic heterocycles. The maximum Gasteiger partial charge on any atom is 0.171 e. The maximum absolute atomic E-state index is 8.55. The van der Waals surface area contributed by atoms with Gasteiger partial charge in [-0.15, -0.1) is 0 Å². The van der Waals surface area contributed by atoms with Gasteiger partial charge in [0, 0.05) is 12.7 Å². The average Bonchev–Trinajstić information content (AvgIpc) is 2.35. The number of amidine groups is 1. The van der Waals surface area contributed by atoms with Crippen molar-refractivity contribution in [2.45, 2.75) is 13.0 Å².